The number of hydroxylamine groups is 2. The Morgan fingerprint density at radius 2 is 1.51 bits per heavy atom. The normalized spacial score (nSPS) is 17.9. The SMILES string of the molecule is CCCN1C(=CC=CC2=[N+](CCCS(=O)(=O)O)c3ccc(S(=O)(=O)O)cc3C2(C)C)C(C)(CCCCCC(=O)NCCCNc2nc(Cl)nc(NCCCCCC(=O)ON3C(=O)CCC3=O)n2)c2cc(C)ccc21. The van der Waals surface area contributed by atoms with Gasteiger partial charge in [-0.25, -0.2) is 4.79 Å². The van der Waals surface area contributed by atoms with Crippen LogP contribution in [0.1, 0.15) is 134 Å². The lowest BCUT2D eigenvalue weighted by molar-refractivity contribution is -0.437. The van der Waals surface area contributed by atoms with E-state index in [0.717, 1.165) is 54.9 Å². The van der Waals surface area contributed by atoms with E-state index in [1.807, 2.05) is 30.6 Å². The number of allylic oxidation sites excluding steroid dienone is 4. The molecule has 0 saturated carbocycles. The Morgan fingerprint density at radius 3 is 2.19 bits per heavy atom. The molecule has 1 atom stereocenters. The minimum atomic E-state index is -4.49. The number of carbonyl (C=O) groups excluding carboxylic acids is 4. The van der Waals surface area contributed by atoms with Crippen molar-refractivity contribution in [2.75, 3.05) is 54.0 Å². The van der Waals surface area contributed by atoms with E-state index in [0.29, 0.717) is 74.5 Å². The van der Waals surface area contributed by atoms with Crippen LogP contribution in [-0.4, -0.2) is 118 Å². The second-order valence-corrected chi connectivity index (χ2v) is 22.9. The van der Waals surface area contributed by atoms with E-state index in [2.05, 4.69) is 80.8 Å². The molecule has 5 N–H and O–H groups in total. The second kappa shape index (κ2) is 25.1. The second-order valence-electron chi connectivity index (χ2n) is 19.6. The maximum atomic E-state index is 12.9. The molecule has 74 heavy (non-hydrogen) atoms. The summed E-state index contributed by atoms with van der Waals surface area (Å²) in [5, 5.41) is 9.77. The van der Waals surface area contributed by atoms with Crippen molar-refractivity contribution in [1.82, 2.24) is 25.3 Å². The van der Waals surface area contributed by atoms with Crippen molar-refractivity contribution in [3.63, 3.8) is 0 Å². The Hall–Kier alpha value is -5.81. The lowest BCUT2D eigenvalue weighted by Gasteiger charge is -2.30. The lowest BCUT2D eigenvalue weighted by atomic mass is 9.76. The molecule has 2 aromatic carbocycles. The number of nitrogens with one attached hydrogen (secondary N) is 3. The van der Waals surface area contributed by atoms with Gasteiger partial charge in [-0.2, -0.15) is 36.4 Å². The molecule has 1 saturated heterocycles. The molecular weight excluding hydrogens is 1010 g/mol. The van der Waals surface area contributed by atoms with Gasteiger partial charge in [-0.1, -0.05) is 50.0 Å². The van der Waals surface area contributed by atoms with Gasteiger partial charge in [0.25, 0.3) is 32.1 Å². The Morgan fingerprint density at radius 1 is 0.838 bits per heavy atom. The maximum Gasteiger partial charge on any atom is 0.333 e. The summed E-state index contributed by atoms with van der Waals surface area (Å²) in [5.41, 5.74) is 5.70. The number of hydrogen-bond donors (Lipinski definition) is 5. The molecular formula is C51H69ClN9O11S2+. The Kier molecular flexibility index (Phi) is 19.5. The van der Waals surface area contributed by atoms with Crippen molar-refractivity contribution in [2.24, 2.45) is 0 Å². The number of fused-ring (bicyclic) bond motifs is 2. The van der Waals surface area contributed by atoms with Crippen molar-refractivity contribution in [3.05, 3.63) is 82.3 Å². The molecule has 0 aliphatic carbocycles. The number of nitrogens with zero attached hydrogens (tertiary/aromatic N) is 6. The van der Waals surface area contributed by atoms with Gasteiger partial charge in [-0.15, -0.1) is 5.06 Å². The molecule has 3 amide bonds. The number of aryl methyl sites for hydroxylation is 1. The molecule has 4 heterocycles. The Balaban J connectivity index is 0.991. The molecule has 0 bridgehead atoms. The van der Waals surface area contributed by atoms with Crippen molar-refractivity contribution < 1.29 is 54.5 Å². The van der Waals surface area contributed by atoms with Crippen LogP contribution < -0.4 is 20.9 Å². The largest absolute Gasteiger partial charge is 0.356 e. The van der Waals surface area contributed by atoms with Gasteiger partial charge in [0, 0.05) is 92.8 Å². The zero-order chi connectivity index (χ0) is 53.8. The van der Waals surface area contributed by atoms with Crippen molar-refractivity contribution >= 4 is 84.5 Å². The monoisotopic (exact) mass is 1080 g/mol. The highest BCUT2D eigenvalue weighted by molar-refractivity contribution is 7.86. The molecule has 0 spiro atoms. The number of aromatic nitrogens is 3. The molecule has 3 aromatic rings. The number of halogens is 1. The number of rotatable bonds is 28. The molecule has 6 rings (SSSR count). The molecule has 0 radical (unpaired) electrons. The molecule has 1 fully saturated rings. The Labute approximate surface area is 438 Å². The summed E-state index contributed by atoms with van der Waals surface area (Å²) in [5.74, 6) is -1.55. The van der Waals surface area contributed by atoms with Crippen LogP contribution in [-0.2, 0) is 55.1 Å². The first-order valence-corrected chi connectivity index (χ1v) is 28.7. The number of imide groups is 1. The highest BCUT2D eigenvalue weighted by Gasteiger charge is 2.46. The molecule has 3 aliphatic heterocycles. The van der Waals surface area contributed by atoms with E-state index >= 15 is 0 Å². The van der Waals surface area contributed by atoms with E-state index in [9.17, 15) is 45.1 Å². The van der Waals surface area contributed by atoms with Gasteiger partial charge in [0.2, 0.25) is 28.8 Å². The van der Waals surface area contributed by atoms with Gasteiger partial charge in [-0.3, -0.25) is 23.5 Å². The smallest absolute Gasteiger partial charge is 0.333 e. The van der Waals surface area contributed by atoms with Crippen LogP contribution in [0.4, 0.5) is 23.3 Å². The predicted molar refractivity (Wildman–Crippen MR) is 282 cm³/mol. The minimum absolute atomic E-state index is 0.00921. The summed E-state index contributed by atoms with van der Waals surface area (Å²) < 4.78 is 69.0. The fraction of sp³-hybridized carbons (Fsp3) is 0.529. The minimum Gasteiger partial charge on any atom is -0.356 e. The standard InChI is InChI=1S/C51H68ClN9O11S2/c1-6-30-59-40-22-20-35(2)33-38(40)51(5,42(59)17-13-16-41-50(3,4)37-34-36(74(69,70)71)21-23-39(37)60(41)31-15-32-73(66,67)68)26-11-7-9-18-43(62)53-28-14-29-55-49-57-47(52)56-48(58-49)54-27-12-8-10-19-46(65)72-61-44(63)24-25-45(61)64/h13,16-17,20-23,33-34H,6-12,14-15,18-19,24-32H2,1-5H3,(H4-,53,54,55,56,57,58,62,66,67,68,69,70,71)/p+1. The number of benzene rings is 2. The molecule has 3 aliphatic rings. The van der Waals surface area contributed by atoms with Crippen LogP contribution in [0.2, 0.25) is 5.28 Å². The average Bonchev–Trinajstić information content (AvgIpc) is 3.84. The summed E-state index contributed by atoms with van der Waals surface area (Å²) >= 11 is 6.14. The summed E-state index contributed by atoms with van der Waals surface area (Å²) in [6, 6.07) is 11.0. The fourth-order valence-corrected chi connectivity index (χ4v) is 10.9. The van der Waals surface area contributed by atoms with Gasteiger partial charge in [-0.05, 0) is 108 Å². The average molecular weight is 1080 g/mol. The van der Waals surface area contributed by atoms with Crippen LogP contribution >= 0.6 is 11.6 Å². The molecule has 402 valence electrons. The zero-order valence-electron chi connectivity index (χ0n) is 42.8. The predicted octanol–water partition coefficient (Wildman–Crippen LogP) is 7.51. The molecule has 23 heteroatoms. The topological polar surface area (TPSA) is 270 Å². The first-order valence-electron chi connectivity index (χ1n) is 25.2. The Bertz CT molecular complexity index is 2900. The van der Waals surface area contributed by atoms with Crippen LogP contribution in [0.15, 0.2) is 65.2 Å². The zero-order valence-corrected chi connectivity index (χ0v) is 45.2. The molecule has 1 unspecified atom stereocenters. The number of carbonyl (C=O) groups is 4. The highest BCUT2D eigenvalue weighted by atomic mass is 35.5. The molecule has 1 aromatic heterocycles. The summed E-state index contributed by atoms with van der Waals surface area (Å²) in [4.78, 5) is 67.8. The summed E-state index contributed by atoms with van der Waals surface area (Å²) in [7, 11) is -8.70. The van der Waals surface area contributed by atoms with Crippen LogP contribution in [0.5, 0.6) is 0 Å². The number of hydrogen-bond acceptors (Lipinski definition) is 15. The third-order valence-electron chi connectivity index (χ3n) is 13.5. The van der Waals surface area contributed by atoms with Crippen molar-refractivity contribution in [1.29, 1.82) is 0 Å². The van der Waals surface area contributed by atoms with E-state index < -0.39 is 49.2 Å². The van der Waals surface area contributed by atoms with E-state index in [1.165, 1.54) is 17.7 Å². The van der Waals surface area contributed by atoms with Gasteiger partial charge in [0.05, 0.1) is 16.1 Å². The first kappa shape index (κ1) is 57.5. The van der Waals surface area contributed by atoms with Crippen molar-refractivity contribution in [3.8, 4) is 0 Å². The van der Waals surface area contributed by atoms with Crippen LogP contribution in [0.25, 0.3) is 0 Å². The lowest BCUT2D eigenvalue weighted by Crippen LogP contribution is -2.31. The van der Waals surface area contributed by atoms with Gasteiger partial charge in [0.15, 0.2) is 5.71 Å². The van der Waals surface area contributed by atoms with E-state index in [1.54, 1.807) is 6.07 Å². The van der Waals surface area contributed by atoms with Gasteiger partial charge < -0.3 is 25.7 Å². The third kappa shape index (κ3) is 14.9. The summed E-state index contributed by atoms with van der Waals surface area (Å²) in [6.07, 6.45) is 13.4. The number of anilines is 3. The van der Waals surface area contributed by atoms with E-state index in [4.69, 9.17) is 16.4 Å². The van der Waals surface area contributed by atoms with Gasteiger partial charge in [0.1, 0.15) is 6.54 Å². The van der Waals surface area contributed by atoms with Crippen LogP contribution in [0, 0.1) is 6.92 Å². The third-order valence-corrected chi connectivity index (χ3v) is 15.3. The number of unbranched alkanes of at least 4 members (excludes halogenated alkanes) is 4. The maximum absolute atomic E-state index is 12.9. The number of amides is 3. The van der Waals surface area contributed by atoms with Crippen molar-refractivity contribution in [2.45, 2.75) is 140 Å². The van der Waals surface area contributed by atoms with E-state index in [-0.39, 0.29) is 65.6 Å². The quantitative estimate of drug-likeness (QED) is 0.0204. The summed E-state index contributed by atoms with van der Waals surface area (Å²) in [6.45, 7) is 12.9. The van der Waals surface area contributed by atoms with Crippen LogP contribution in [0.3, 0.4) is 0 Å². The van der Waals surface area contributed by atoms with Gasteiger partial charge >= 0.3 is 5.97 Å². The highest BCUT2D eigenvalue weighted by Crippen LogP contribution is 2.51. The molecule has 20 nitrogen and oxygen atoms in total. The fourth-order valence-electron chi connectivity index (χ4n) is 9.72. The first-order chi connectivity index (χ1) is 35.0.